The standard InChI is InChI=1S/C19H28NO/c1-2-3-4-5-6-7-8-11-17-21-20-16-12-14-18-13-9-10-15-19(18)20/h9-10,12-16H,2-8,11,17H2,1H3/q+1. The van der Waals surface area contributed by atoms with Gasteiger partial charge < -0.3 is 0 Å². The maximum absolute atomic E-state index is 5.88. The molecule has 21 heavy (non-hydrogen) atoms. The fourth-order valence-corrected chi connectivity index (χ4v) is 2.65. The summed E-state index contributed by atoms with van der Waals surface area (Å²) in [5.74, 6) is 0. The van der Waals surface area contributed by atoms with E-state index in [2.05, 4.69) is 37.3 Å². The molecule has 2 rings (SSSR count). The third-order valence-corrected chi connectivity index (χ3v) is 3.90. The summed E-state index contributed by atoms with van der Waals surface area (Å²) in [6.07, 6.45) is 12.6. The summed E-state index contributed by atoms with van der Waals surface area (Å²) in [4.78, 5) is 5.88. The first-order valence-electron chi connectivity index (χ1n) is 8.44. The van der Waals surface area contributed by atoms with Crippen molar-refractivity contribution in [3.8, 4) is 0 Å². The van der Waals surface area contributed by atoms with Gasteiger partial charge >= 0.3 is 0 Å². The maximum Gasteiger partial charge on any atom is 0.264 e. The normalized spacial score (nSPS) is 10.9. The molecule has 0 aliphatic heterocycles. The van der Waals surface area contributed by atoms with Gasteiger partial charge in [0.1, 0.15) is 0 Å². The molecule has 114 valence electrons. The van der Waals surface area contributed by atoms with Crippen molar-refractivity contribution in [2.24, 2.45) is 0 Å². The summed E-state index contributed by atoms with van der Waals surface area (Å²) < 4.78 is 1.90. The first-order valence-corrected chi connectivity index (χ1v) is 8.44. The van der Waals surface area contributed by atoms with E-state index in [-0.39, 0.29) is 0 Å². The van der Waals surface area contributed by atoms with E-state index in [0.29, 0.717) is 0 Å². The number of hydrogen-bond donors (Lipinski definition) is 0. The Kier molecular flexibility index (Phi) is 7.06. The number of para-hydroxylation sites is 1. The highest BCUT2D eigenvalue weighted by Gasteiger charge is 2.08. The Morgan fingerprint density at radius 2 is 1.48 bits per heavy atom. The number of nitrogens with zero attached hydrogens (tertiary/aromatic N) is 1. The first-order chi connectivity index (χ1) is 10.4. The number of unbranched alkanes of at least 4 members (excludes halogenated alkanes) is 7. The van der Waals surface area contributed by atoms with Crippen molar-refractivity contribution in [2.45, 2.75) is 58.3 Å². The molecular formula is C19H28NO+. The van der Waals surface area contributed by atoms with Crippen LogP contribution in [0.1, 0.15) is 58.3 Å². The molecule has 0 fully saturated rings. The summed E-state index contributed by atoms with van der Waals surface area (Å²) in [5.41, 5.74) is 1.14. The van der Waals surface area contributed by atoms with Crippen LogP contribution in [-0.4, -0.2) is 6.61 Å². The Bertz CT molecular complexity index is 518. The molecule has 0 aliphatic carbocycles. The van der Waals surface area contributed by atoms with Gasteiger partial charge in [-0.25, -0.2) is 0 Å². The highest BCUT2D eigenvalue weighted by molar-refractivity contribution is 5.74. The summed E-state index contributed by atoms with van der Waals surface area (Å²) in [7, 11) is 0. The third-order valence-electron chi connectivity index (χ3n) is 3.90. The molecule has 1 heterocycles. The molecule has 0 N–H and O–H groups in total. The van der Waals surface area contributed by atoms with Gasteiger partial charge in [0.2, 0.25) is 6.20 Å². The SMILES string of the molecule is CCCCCCCCCCO[n+]1cccc2ccccc21. The van der Waals surface area contributed by atoms with Crippen LogP contribution in [0.15, 0.2) is 42.6 Å². The van der Waals surface area contributed by atoms with Gasteiger partial charge in [0.05, 0.1) is 5.39 Å². The molecule has 0 radical (unpaired) electrons. The number of benzene rings is 1. The van der Waals surface area contributed by atoms with Gasteiger partial charge in [-0.2, -0.15) is 0 Å². The molecule has 2 aromatic rings. The third kappa shape index (κ3) is 5.37. The van der Waals surface area contributed by atoms with Crippen molar-refractivity contribution in [1.82, 2.24) is 0 Å². The van der Waals surface area contributed by atoms with E-state index in [1.807, 2.05) is 17.0 Å². The zero-order valence-electron chi connectivity index (χ0n) is 13.3. The van der Waals surface area contributed by atoms with Crippen molar-refractivity contribution in [3.05, 3.63) is 42.6 Å². The Balaban J connectivity index is 1.64. The fraction of sp³-hybridized carbons (Fsp3) is 0.526. The summed E-state index contributed by atoms with van der Waals surface area (Å²) >= 11 is 0. The van der Waals surface area contributed by atoms with Crippen molar-refractivity contribution in [1.29, 1.82) is 0 Å². The Labute approximate surface area is 128 Å². The van der Waals surface area contributed by atoms with Gasteiger partial charge in [0, 0.05) is 16.9 Å². The lowest BCUT2D eigenvalue weighted by Gasteiger charge is -2.02. The Morgan fingerprint density at radius 3 is 2.29 bits per heavy atom. The van der Waals surface area contributed by atoms with E-state index in [9.17, 15) is 0 Å². The van der Waals surface area contributed by atoms with Crippen LogP contribution in [0.2, 0.25) is 0 Å². The minimum absolute atomic E-state index is 0.799. The Hall–Kier alpha value is -1.57. The molecule has 0 aliphatic rings. The zero-order valence-corrected chi connectivity index (χ0v) is 13.3. The molecule has 2 nitrogen and oxygen atoms in total. The lowest BCUT2D eigenvalue weighted by atomic mass is 10.1. The maximum atomic E-state index is 5.88. The van der Waals surface area contributed by atoms with Gasteiger partial charge in [-0.05, 0) is 25.0 Å². The van der Waals surface area contributed by atoms with Crippen molar-refractivity contribution in [2.75, 3.05) is 6.61 Å². The minimum atomic E-state index is 0.799. The van der Waals surface area contributed by atoms with Gasteiger partial charge in [-0.15, -0.1) is 0 Å². The van der Waals surface area contributed by atoms with Crippen LogP contribution in [0.5, 0.6) is 0 Å². The van der Waals surface area contributed by atoms with E-state index < -0.39 is 0 Å². The molecule has 0 spiro atoms. The molecule has 0 saturated heterocycles. The van der Waals surface area contributed by atoms with Crippen LogP contribution in [0.4, 0.5) is 0 Å². The molecule has 1 aromatic heterocycles. The number of aromatic nitrogens is 1. The molecule has 0 bridgehead atoms. The molecule has 0 atom stereocenters. The zero-order chi connectivity index (χ0) is 14.8. The summed E-state index contributed by atoms with van der Waals surface area (Å²) in [5, 5.41) is 1.22. The average Bonchev–Trinajstić information content (AvgIpc) is 2.53. The Morgan fingerprint density at radius 1 is 0.810 bits per heavy atom. The average molecular weight is 286 g/mol. The van der Waals surface area contributed by atoms with Crippen LogP contribution in [0, 0.1) is 0 Å². The second kappa shape index (κ2) is 9.38. The number of fused-ring (bicyclic) bond motifs is 1. The quantitative estimate of drug-likeness (QED) is 0.456. The molecule has 0 unspecified atom stereocenters. The van der Waals surface area contributed by atoms with Crippen molar-refractivity contribution >= 4 is 10.9 Å². The molecule has 0 saturated carbocycles. The van der Waals surface area contributed by atoms with Crippen LogP contribution in [0.3, 0.4) is 0 Å². The summed E-state index contributed by atoms with van der Waals surface area (Å²) in [6.45, 7) is 3.07. The lowest BCUT2D eigenvalue weighted by molar-refractivity contribution is -0.871. The molecular weight excluding hydrogens is 258 g/mol. The van der Waals surface area contributed by atoms with Gasteiger partial charge in [-0.1, -0.05) is 57.6 Å². The van der Waals surface area contributed by atoms with Crippen LogP contribution in [-0.2, 0) is 0 Å². The lowest BCUT2D eigenvalue weighted by Crippen LogP contribution is -2.43. The second-order valence-corrected chi connectivity index (χ2v) is 5.70. The van der Waals surface area contributed by atoms with E-state index in [4.69, 9.17) is 4.84 Å². The smallest absolute Gasteiger partial charge is 0.264 e. The van der Waals surface area contributed by atoms with E-state index in [1.165, 1.54) is 50.3 Å². The fourth-order valence-electron chi connectivity index (χ4n) is 2.65. The minimum Gasteiger partial charge on any atom is -0.271 e. The predicted octanol–water partition coefficient (Wildman–Crippen LogP) is 4.70. The number of rotatable bonds is 10. The molecule has 1 aromatic carbocycles. The highest BCUT2D eigenvalue weighted by Crippen LogP contribution is 2.09. The highest BCUT2D eigenvalue weighted by atomic mass is 16.7. The second-order valence-electron chi connectivity index (χ2n) is 5.70. The van der Waals surface area contributed by atoms with Crippen molar-refractivity contribution in [3.63, 3.8) is 0 Å². The first kappa shape index (κ1) is 15.8. The van der Waals surface area contributed by atoms with E-state index >= 15 is 0 Å². The molecule has 2 heteroatoms. The predicted molar refractivity (Wildman–Crippen MR) is 88.2 cm³/mol. The van der Waals surface area contributed by atoms with Crippen LogP contribution < -0.4 is 9.57 Å². The van der Waals surface area contributed by atoms with Gasteiger partial charge in [0.25, 0.3) is 5.52 Å². The number of hydrogen-bond acceptors (Lipinski definition) is 1. The van der Waals surface area contributed by atoms with Gasteiger partial charge in [0.15, 0.2) is 6.61 Å². The largest absolute Gasteiger partial charge is 0.271 e. The van der Waals surface area contributed by atoms with Crippen molar-refractivity contribution < 1.29 is 9.57 Å². The van der Waals surface area contributed by atoms with Crippen LogP contribution in [0.25, 0.3) is 10.9 Å². The monoisotopic (exact) mass is 286 g/mol. The van der Waals surface area contributed by atoms with E-state index in [1.54, 1.807) is 0 Å². The van der Waals surface area contributed by atoms with Gasteiger partial charge in [-0.3, -0.25) is 4.84 Å². The topological polar surface area (TPSA) is 13.1 Å². The van der Waals surface area contributed by atoms with E-state index in [0.717, 1.165) is 18.5 Å². The van der Waals surface area contributed by atoms with Crippen LogP contribution >= 0.6 is 0 Å². The summed E-state index contributed by atoms with van der Waals surface area (Å²) in [6, 6.07) is 12.5. The number of pyridine rings is 1. The molecule has 0 amide bonds.